The average Bonchev–Trinajstić information content (AvgIpc) is 2.65. The van der Waals surface area contributed by atoms with E-state index in [1.807, 2.05) is 0 Å². The summed E-state index contributed by atoms with van der Waals surface area (Å²) in [6.45, 7) is 0. The van der Waals surface area contributed by atoms with Gasteiger partial charge in [0.25, 0.3) is 0 Å². The van der Waals surface area contributed by atoms with Crippen molar-refractivity contribution in [3.8, 4) is 0 Å². The molecule has 0 aliphatic heterocycles. The van der Waals surface area contributed by atoms with Gasteiger partial charge in [0, 0.05) is 0 Å². The molecular weight excluding hydrogens is 177 g/mol. The van der Waals surface area contributed by atoms with Crippen LogP contribution < -0.4 is 0 Å². The number of alkyl halides is 3. The number of ether oxygens (including phenoxy) is 1. The first-order valence-electron chi connectivity index (χ1n) is 3.24. The van der Waals surface area contributed by atoms with E-state index in [1.165, 1.54) is 0 Å². The van der Waals surface area contributed by atoms with Gasteiger partial charge in [0.1, 0.15) is 0 Å². The van der Waals surface area contributed by atoms with Crippen molar-refractivity contribution in [1.29, 1.82) is 0 Å². The van der Waals surface area contributed by atoms with E-state index in [0.717, 1.165) is 0 Å². The molecule has 0 aromatic heterocycles. The van der Waals surface area contributed by atoms with Crippen molar-refractivity contribution in [3.63, 3.8) is 0 Å². The highest BCUT2D eigenvalue weighted by Gasteiger charge is 2.44. The molecule has 0 saturated heterocycles. The highest BCUT2D eigenvalue weighted by molar-refractivity contribution is 5.90. The maximum atomic E-state index is 11.5. The van der Waals surface area contributed by atoms with Crippen LogP contribution >= 0.6 is 0 Å². The standard InChI is InChI=1S/C6H5F3O3/c7-6(8,9)5(11)12-4(10)3-1-2-3/h3H,1-2H2. The SMILES string of the molecule is O=C(OC(=O)C(F)(F)F)C1CC1. The molecule has 12 heavy (non-hydrogen) atoms. The number of halogens is 3. The molecular formula is C6H5F3O3. The Labute approximate surface area is 65.5 Å². The molecule has 0 heterocycles. The summed E-state index contributed by atoms with van der Waals surface area (Å²) in [6.07, 6.45) is -4.07. The minimum Gasteiger partial charge on any atom is -0.386 e. The molecule has 3 nitrogen and oxygen atoms in total. The second kappa shape index (κ2) is 2.76. The molecule has 0 amide bonds. The van der Waals surface area contributed by atoms with E-state index >= 15 is 0 Å². The molecule has 0 spiro atoms. The predicted octanol–water partition coefficient (Wildman–Crippen LogP) is 1.03. The molecule has 6 heteroatoms. The molecule has 1 fully saturated rings. The second-order valence-electron chi connectivity index (χ2n) is 2.48. The lowest BCUT2D eigenvalue weighted by Crippen LogP contribution is -2.28. The molecule has 68 valence electrons. The molecule has 1 saturated carbocycles. The fraction of sp³-hybridized carbons (Fsp3) is 0.667. The van der Waals surface area contributed by atoms with Crippen LogP contribution in [0.4, 0.5) is 13.2 Å². The lowest BCUT2D eigenvalue weighted by Gasteiger charge is -2.03. The highest BCUT2D eigenvalue weighted by atomic mass is 19.4. The first-order chi connectivity index (χ1) is 5.41. The van der Waals surface area contributed by atoms with Crippen molar-refractivity contribution in [2.24, 2.45) is 5.92 Å². The Balaban J connectivity index is 2.40. The van der Waals surface area contributed by atoms with Gasteiger partial charge >= 0.3 is 18.1 Å². The Morgan fingerprint density at radius 2 is 1.75 bits per heavy atom. The maximum Gasteiger partial charge on any atom is 0.491 e. The Morgan fingerprint density at radius 3 is 2.08 bits per heavy atom. The normalized spacial score (nSPS) is 17.2. The summed E-state index contributed by atoms with van der Waals surface area (Å²) in [5.41, 5.74) is 0. The zero-order valence-electron chi connectivity index (χ0n) is 5.85. The van der Waals surface area contributed by atoms with Crippen LogP contribution in [0.25, 0.3) is 0 Å². The zero-order valence-corrected chi connectivity index (χ0v) is 5.85. The van der Waals surface area contributed by atoms with E-state index in [0.29, 0.717) is 12.8 Å². The Bertz CT molecular complexity index is 217. The van der Waals surface area contributed by atoms with Crippen LogP contribution in [0.2, 0.25) is 0 Å². The summed E-state index contributed by atoms with van der Waals surface area (Å²) in [5, 5.41) is 0. The first-order valence-corrected chi connectivity index (χ1v) is 3.24. The number of carbonyl (C=O) groups is 2. The predicted molar refractivity (Wildman–Crippen MR) is 29.9 cm³/mol. The number of esters is 2. The van der Waals surface area contributed by atoms with Gasteiger partial charge in [0.2, 0.25) is 0 Å². The van der Waals surface area contributed by atoms with E-state index in [-0.39, 0.29) is 0 Å². The number of carbonyl (C=O) groups excluding carboxylic acids is 2. The van der Waals surface area contributed by atoms with Crippen molar-refractivity contribution in [1.82, 2.24) is 0 Å². The summed E-state index contributed by atoms with van der Waals surface area (Å²) >= 11 is 0. The molecule has 0 N–H and O–H groups in total. The summed E-state index contributed by atoms with van der Waals surface area (Å²) in [6, 6.07) is 0. The molecule has 1 aliphatic carbocycles. The molecule has 0 unspecified atom stereocenters. The highest BCUT2D eigenvalue weighted by Crippen LogP contribution is 2.31. The van der Waals surface area contributed by atoms with Crippen molar-refractivity contribution in [2.45, 2.75) is 19.0 Å². The summed E-state index contributed by atoms with van der Waals surface area (Å²) in [5.74, 6) is -4.01. The van der Waals surface area contributed by atoms with Crippen molar-refractivity contribution in [3.05, 3.63) is 0 Å². The second-order valence-corrected chi connectivity index (χ2v) is 2.48. The third-order valence-corrected chi connectivity index (χ3v) is 1.34. The Kier molecular flexibility index (Phi) is 2.08. The topological polar surface area (TPSA) is 43.4 Å². The lowest BCUT2D eigenvalue weighted by molar-refractivity contribution is -0.202. The quantitative estimate of drug-likeness (QED) is 0.449. The molecule has 1 rings (SSSR count). The zero-order chi connectivity index (χ0) is 9.35. The number of hydrogen-bond acceptors (Lipinski definition) is 3. The van der Waals surface area contributed by atoms with Gasteiger partial charge in [-0.15, -0.1) is 0 Å². The smallest absolute Gasteiger partial charge is 0.386 e. The van der Waals surface area contributed by atoms with Gasteiger partial charge < -0.3 is 4.74 Å². The van der Waals surface area contributed by atoms with Gasteiger partial charge in [-0.2, -0.15) is 13.2 Å². The number of rotatable bonds is 1. The summed E-state index contributed by atoms with van der Waals surface area (Å²) < 4.78 is 37.9. The van der Waals surface area contributed by atoms with Gasteiger partial charge in [0.15, 0.2) is 0 Å². The van der Waals surface area contributed by atoms with Crippen LogP contribution in [0.1, 0.15) is 12.8 Å². The maximum absolute atomic E-state index is 11.5. The fourth-order valence-corrected chi connectivity index (χ4v) is 0.552. The van der Waals surface area contributed by atoms with E-state index in [2.05, 4.69) is 4.74 Å². The van der Waals surface area contributed by atoms with E-state index in [9.17, 15) is 22.8 Å². The monoisotopic (exact) mass is 182 g/mol. The fourth-order valence-electron chi connectivity index (χ4n) is 0.552. The minimum atomic E-state index is -5.08. The van der Waals surface area contributed by atoms with Crippen molar-refractivity contribution >= 4 is 11.9 Å². The van der Waals surface area contributed by atoms with Crippen molar-refractivity contribution in [2.75, 3.05) is 0 Å². The van der Waals surface area contributed by atoms with Gasteiger partial charge in [-0.25, -0.2) is 4.79 Å². The largest absolute Gasteiger partial charge is 0.491 e. The molecule has 0 bridgehead atoms. The summed E-state index contributed by atoms with van der Waals surface area (Å²) in [7, 11) is 0. The molecule has 0 radical (unpaired) electrons. The van der Waals surface area contributed by atoms with Gasteiger partial charge in [0.05, 0.1) is 5.92 Å². The number of hydrogen-bond donors (Lipinski definition) is 0. The van der Waals surface area contributed by atoms with Crippen LogP contribution in [0.5, 0.6) is 0 Å². The molecule has 1 aliphatic rings. The van der Waals surface area contributed by atoms with E-state index in [1.54, 1.807) is 0 Å². The average molecular weight is 182 g/mol. The van der Waals surface area contributed by atoms with E-state index in [4.69, 9.17) is 0 Å². The molecule has 0 aromatic carbocycles. The first kappa shape index (κ1) is 9.02. The molecule has 0 atom stereocenters. The van der Waals surface area contributed by atoms with Gasteiger partial charge in [-0.3, -0.25) is 4.79 Å². The third-order valence-electron chi connectivity index (χ3n) is 1.34. The van der Waals surface area contributed by atoms with Crippen LogP contribution in [-0.2, 0) is 14.3 Å². The van der Waals surface area contributed by atoms with Gasteiger partial charge in [-0.05, 0) is 12.8 Å². The van der Waals surface area contributed by atoms with Crippen LogP contribution in [0, 0.1) is 5.92 Å². The minimum absolute atomic E-state index is 0.503. The molecule has 0 aromatic rings. The Hall–Kier alpha value is -1.07. The van der Waals surface area contributed by atoms with Crippen LogP contribution in [0.15, 0.2) is 0 Å². The van der Waals surface area contributed by atoms with Crippen LogP contribution in [-0.4, -0.2) is 18.1 Å². The third kappa shape index (κ3) is 2.21. The summed E-state index contributed by atoms with van der Waals surface area (Å²) in [4.78, 5) is 20.6. The van der Waals surface area contributed by atoms with Gasteiger partial charge in [-0.1, -0.05) is 0 Å². The van der Waals surface area contributed by atoms with E-state index < -0.39 is 24.0 Å². The van der Waals surface area contributed by atoms with Crippen molar-refractivity contribution < 1.29 is 27.5 Å². The Morgan fingerprint density at radius 1 is 1.25 bits per heavy atom. The van der Waals surface area contributed by atoms with Crippen LogP contribution in [0.3, 0.4) is 0 Å². The lowest BCUT2D eigenvalue weighted by atomic mass is 10.4.